The van der Waals surface area contributed by atoms with Crippen molar-refractivity contribution in [2.75, 3.05) is 5.32 Å². The van der Waals surface area contributed by atoms with E-state index in [4.69, 9.17) is 17.3 Å². The first kappa shape index (κ1) is 25.1. The molecule has 14 heteroatoms. The molecule has 3 aromatic carbocycles. The number of primary amides is 1. The molecule has 0 saturated heterocycles. The molecule has 0 aliphatic carbocycles. The number of carbonyl (C=O) groups excluding carboxylic acids is 3. The fourth-order valence-electron chi connectivity index (χ4n) is 4.32. The number of carbonyl (C=O) groups is 3. The summed E-state index contributed by atoms with van der Waals surface area (Å²) in [7, 11) is 0. The molecule has 2 heterocycles. The van der Waals surface area contributed by atoms with E-state index in [9.17, 15) is 36.3 Å². The SMILES string of the molecule is NC(=O)c1n[nH]c2c3c(c(NC(=O)c4cc(F)cc(C(F)(F)F)c4)cc12)C(c1cc(F)ccc1Cl)NC3=O. The Morgan fingerprint density at radius 3 is 2.47 bits per heavy atom. The van der Waals surface area contributed by atoms with Gasteiger partial charge in [-0.15, -0.1) is 0 Å². The smallest absolute Gasteiger partial charge is 0.364 e. The molecule has 1 aromatic heterocycles. The molecule has 1 aliphatic heterocycles. The zero-order valence-corrected chi connectivity index (χ0v) is 19.4. The van der Waals surface area contributed by atoms with Gasteiger partial charge in [0.2, 0.25) is 0 Å². The molecule has 1 unspecified atom stereocenters. The lowest BCUT2D eigenvalue weighted by atomic mass is 9.94. The molecule has 0 saturated carbocycles. The van der Waals surface area contributed by atoms with E-state index in [0.717, 1.165) is 12.1 Å². The lowest BCUT2D eigenvalue weighted by Gasteiger charge is -2.18. The van der Waals surface area contributed by atoms with Crippen LogP contribution in [0, 0.1) is 11.6 Å². The number of benzene rings is 3. The number of alkyl halides is 3. The largest absolute Gasteiger partial charge is 0.416 e. The van der Waals surface area contributed by atoms with Gasteiger partial charge < -0.3 is 16.4 Å². The Morgan fingerprint density at radius 1 is 1.05 bits per heavy atom. The number of rotatable bonds is 4. The van der Waals surface area contributed by atoms with Gasteiger partial charge in [-0.25, -0.2) is 8.78 Å². The summed E-state index contributed by atoms with van der Waals surface area (Å²) in [5.74, 6) is -4.84. The van der Waals surface area contributed by atoms with Crippen LogP contribution in [0.3, 0.4) is 0 Å². The molecule has 1 aliphatic rings. The standard InChI is InChI=1S/C24H13ClF5N5O3/c25-14-2-1-10(26)6-12(14)18-16-15(32-22(37)8-3-9(24(28,29)30)5-11(27)4-8)7-13-19(17(16)23(38)33-18)34-35-20(13)21(31)36/h1-7,18H,(H2,31,36)(H,32,37)(H,33,38)(H,34,35). The lowest BCUT2D eigenvalue weighted by molar-refractivity contribution is -0.137. The van der Waals surface area contributed by atoms with Crippen LogP contribution in [0.1, 0.15) is 53.9 Å². The third-order valence-electron chi connectivity index (χ3n) is 5.93. The quantitative estimate of drug-likeness (QED) is 0.275. The minimum absolute atomic E-state index is 0.0166. The van der Waals surface area contributed by atoms with E-state index in [1.165, 1.54) is 12.1 Å². The maximum Gasteiger partial charge on any atom is 0.416 e. The van der Waals surface area contributed by atoms with Crippen molar-refractivity contribution in [3.63, 3.8) is 0 Å². The second-order valence-corrected chi connectivity index (χ2v) is 8.73. The second kappa shape index (κ2) is 8.80. The van der Waals surface area contributed by atoms with Gasteiger partial charge in [-0.05, 0) is 42.5 Å². The van der Waals surface area contributed by atoms with Crippen molar-refractivity contribution in [3.8, 4) is 0 Å². The van der Waals surface area contributed by atoms with Crippen LogP contribution in [0.5, 0.6) is 0 Å². The van der Waals surface area contributed by atoms with E-state index in [0.29, 0.717) is 12.1 Å². The van der Waals surface area contributed by atoms with Gasteiger partial charge in [-0.3, -0.25) is 19.5 Å². The van der Waals surface area contributed by atoms with Crippen molar-refractivity contribution in [1.82, 2.24) is 15.5 Å². The molecule has 5 rings (SSSR count). The highest BCUT2D eigenvalue weighted by molar-refractivity contribution is 6.31. The average Bonchev–Trinajstić information content (AvgIpc) is 3.41. The Morgan fingerprint density at radius 2 is 1.79 bits per heavy atom. The van der Waals surface area contributed by atoms with E-state index in [1.807, 2.05) is 0 Å². The van der Waals surface area contributed by atoms with Gasteiger partial charge >= 0.3 is 6.18 Å². The fourth-order valence-corrected chi connectivity index (χ4v) is 4.55. The molecule has 3 amide bonds. The Hall–Kier alpha value is -4.52. The maximum absolute atomic E-state index is 14.1. The molecule has 8 nitrogen and oxygen atoms in total. The molecule has 0 fully saturated rings. The lowest BCUT2D eigenvalue weighted by Crippen LogP contribution is -2.21. The minimum Gasteiger partial charge on any atom is -0.364 e. The number of nitrogens with two attached hydrogens (primary N) is 1. The molecule has 0 spiro atoms. The van der Waals surface area contributed by atoms with Crippen molar-refractivity contribution in [2.45, 2.75) is 12.2 Å². The highest BCUT2D eigenvalue weighted by atomic mass is 35.5. The molecule has 38 heavy (non-hydrogen) atoms. The van der Waals surface area contributed by atoms with Crippen LogP contribution >= 0.6 is 11.6 Å². The summed E-state index contributed by atoms with van der Waals surface area (Å²) in [6, 6.07) is 4.77. The molecule has 5 N–H and O–H groups in total. The Kier molecular flexibility index (Phi) is 5.82. The summed E-state index contributed by atoms with van der Waals surface area (Å²) in [6.07, 6.45) is -4.93. The fraction of sp³-hybridized carbons (Fsp3) is 0.0833. The van der Waals surface area contributed by atoms with Crippen LogP contribution in [0.25, 0.3) is 10.9 Å². The summed E-state index contributed by atoms with van der Waals surface area (Å²) in [4.78, 5) is 38.0. The number of fused-ring (bicyclic) bond motifs is 3. The monoisotopic (exact) mass is 549 g/mol. The van der Waals surface area contributed by atoms with Gasteiger partial charge in [0.25, 0.3) is 17.7 Å². The Balaban J connectivity index is 1.71. The number of hydrogen-bond acceptors (Lipinski definition) is 4. The highest BCUT2D eigenvalue weighted by Gasteiger charge is 2.38. The first-order valence-electron chi connectivity index (χ1n) is 10.6. The van der Waals surface area contributed by atoms with Crippen LogP contribution in [-0.2, 0) is 6.18 Å². The van der Waals surface area contributed by atoms with Crippen molar-refractivity contribution >= 4 is 45.9 Å². The van der Waals surface area contributed by atoms with Gasteiger partial charge in [0.15, 0.2) is 5.69 Å². The molecular weight excluding hydrogens is 537 g/mol. The normalized spacial score (nSPS) is 14.9. The summed E-state index contributed by atoms with van der Waals surface area (Å²) in [5, 5.41) is 11.4. The Bertz CT molecular complexity index is 1680. The Labute approximate surface area is 213 Å². The number of amides is 3. The molecule has 194 valence electrons. The number of H-pyrrole nitrogens is 1. The number of nitrogens with zero attached hydrogens (tertiary/aromatic N) is 1. The van der Waals surface area contributed by atoms with Crippen molar-refractivity contribution in [1.29, 1.82) is 0 Å². The summed E-state index contributed by atoms with van der Waals surface area (Å²) >= 11 is 6.25. The number of halogens is 6. The number of anilines is 1. The van der Waals surface area contributed by atoms with Crippen molar-refractivity contribution in [2.24, 2.45) is 5.73 Å². The summed E-state index contributed by atoms with van der Waals surface area (Å²) in [5.41, 5.74) is 2.96. The van der Waals surface area contributed by atoms with Crippen molar-refractivity contribution in [3.05, 3.63) is 92.6 Å². The van der Waals surface area contributed by atoms with Crippen LogP contribution in [-0.4, -0.2) is 27.9 Å². The van der Waals surface area contributed by atoms with E-state index >= 15 is 0 Å². The number of aromatic amines is 1. The predicted octanol–water partition coefficient (Wildman–Crippen LogP) is 4.70. The minimum atomic E-state index is -4.93. The number of nitrogens with one attached hydrogen (secondary N) is 3. The van der Waals surface area contributed by atoms with E-state index in [-0.39, 0.29) is 50.1 Å². The van der Waals surface area contributed by atoms with Crippen molar-refractivity contribution < 1.29 is 36.3 Å². The van der Waals surface area contributed by atoms with Gasteiger partial charge in [-0.2, -0.15) is 18.3 Å². The number of aromatic nitrogens is 2. The topological polar surface area (TPSA) is 130 Å². The van der Waals surface area contributed by atoms with Gasteiger partial charge in [0, 0.05) is 32.8 Å². The average molecular weight is 550 g/mol. The third kappa shape index (κ3) is 4.20. The zero-order chi connectivity index (χ0) is 27.5. The molecule has 4 aromatic rings. The summed E-state index contributed by atoms with van der Waals surface area (Å²) < 4.78 is 67.6. The molecular formula is C24H13ClF5N5O3. The second-order valence-electron chi connectivity index (χ2n) is 8.32. The third-order valence-corrected chi connectivity index (χ3v) is 6.28. The first-order chi connectivity index (χ1) is 17.8. The van der Waals surface area contributed by atoms with Gasteiger partial charge in [0.1, 0.15) is 11.6 Å². The number of hydrogen-bond donors (Lipinski definition) is 4. The molecule has 0 radical (unpaired) electrons. The van der Waals surface area contributed by atoms with Crippen LogP contribution in [0.15, 0.2) is 42.5 Å². The van der Waals surface area contributed by atoms with E-state index in [2.05, 4.69) is 20.8 Å². The first-order valence-corrected chi connectivity index (χ1v) is 11.0. The van der Waals surface area contributed by atoms with Gasteiger partial charge in [0.05, 0.1) is 22.7 Å². The highest BCUT2D eigenvalue weighted by Crippen LogP contribution is 2.43. The molecule has 1 atom stereocenters. The molecule has 0 bridgehead atoms. The van der Waals surface area contributed by atoms with Crippen LogP contribution in [0.2, 0.25) is 5.02 Å². The summed E-state index contributed by atoms with van der Waals surface area (Å²) in [6.45, 7) is 0. The van der Waals surface area contributed by atoms with Gasteiger partial charge in [-0.1, -0.05) is 11.6 Å². The van der Waals surface area contributed by atoms with E-state index < -0.39 is 52.7 Å². The maximum atomic E-state index is 14.1. The van der Waals surface area contributed by atoms with Crippen LogP contribution < -0.4 is 16.4 Å². The van der Waals surface area contributed by atoms with E-state index in [1.54, 1.807) is 0 Å². The van der Waals surface area contributed by atoms with Crippen LogP contribution in [0.4, 0.5) is 27.6 Å². The predicted molar refractivity (Wildman–Crippen MR) is 125 cm³/mol. The zero-order valence-electron chi connectivity index (χ0n) is 18.6.